The fraction of sp³-hybridized carbons (Fsp3) is 0.273. The van der Waals surface area contributed by atoms with Crippen LogP contribution in [-0.2, 0) is 6.42 Å². The number of aryl methyl sites for hydroxylation is 1. The van der Waals surface area contributed by atoms with Crippen LogP contribution >= 0.6 is 0 Å². The lowest BCUT2D eigenvalue weighted by Crippen LogP contribution is -1.89. The van der Waals surface area contributed by atoms with E-state index in [0.717, 1.165) is 17.7 Å². The summed E-state index contributed by atoms with van der Waals surface area (Å²) in [6.45, 7) is 5.75. The van der Waals surface area contributed by atoms with Gasteiger partial charge in [-0.25, -0.2) is 0 Å². The van der Waals surface area contributed by atoms with Crippen molar-refractivity contribution in [1.29, 1.82) is 0 Å². The van der Waals surface area contributed by atoms with Crippen LogP contribution in [-0.4, -0.2) is 7.11 Å². The maximum Gasteiger partial charge on any atom is 0.119 e. The van der Waals surface area contributed by atoms with Crippen molar-refractivity contribution in [2.45, 2.75) is 13.3 Å². The Morgan fingerprint density at radius 2 is 2.25 bits per heavy atom. The molecule has 0 N–H and O–H groups in total. The van der Waals surface area contributed by atoms with Gasteiger partial charge in [0, 0.05) is 0 Å². The lowest BCUT2D eigenvalue weighted by molar-refractivity contribution is 0.414. The average molecular weight is 161 g/mol. The van der Waals surface area contributed by atoms with E-state index < -0.39 is 0 Å². The molecule has 0 saturated heterocycles. The molecule has 1 nitrogen and oxygen atoms in total. The standard InChI is InChI=1S/C11H13O/c1-4-9-6-7-11(12-3)8-10(9)5-2/h6-8H,2,4H2,1,3H3. The molecule has 0 spiro atoms. The summed E-state index contributed by atoms with van der Waals surface area (Å²) < 4.78 is 5.09. The molecule has 1 aromatic rings. The third kappa shape index (κ3) is 1.67. The summed E-state index contributed by atoms with van der Waals surface area (Å²) in [4.78, 5) is 0. The Hall–Kier alpha value is -1.24. The van der Waals surface area contributed by atoms with Crippen LogP contribution in [0.3, 0.4) is 0 Å². The summed E-state index contributed by atoms with van der Waals surface area (Å²) >= 11 is 0. The van der Waals surface area contributed by atoms with Crippen LogP contribution in [0, 0.1) is 6.08 Å². The predicted octanol–water partition coefficient (Wildman–Crippen LogP) is 2.59. The summed E-state index contributed by atoms with van der Waals surface area (Å²) in [5.41, 5.74) is 2.29. The topological polar surface area (TPSA) is 9.23 Å². The van der Waals surface area contributed by atoms with E-state index in [1.165, 1.54) is 5.56 Å². The van der Waals surface area contributed by atoms with Gasteiger partial charge in [-0.1, -0.05) is 19.6 Å². The van der Waals surface area contributed by atoms with E-state index >= 15 is 0 Å². The molecule has 1 rings (SSSR count). The molecule has 1 aromatic carbocycles. The maximum absolute atomic E-state index is 5.09. The summed E-state index contributed by atoms with van der Waals surface area (Å²) in [7, 11) is 1.66. The van der Waals surface area contributed by atoms with Gasteiger partial charge in [0.2, 0.25) is 0 Å². The molecule has 0 aliphatic rings. The van der Waals surface area contributed by atoms with Crippen molar-refractivity contribution in [2.24, 2.45) is 0 Å². The van der Waals surface area contributed by atoms with Crippen LogP contribution in [0.4, 0.5) is 0 Å². The molecule has 63 valence electrons. The molecule has 1 heteroatoms. The Labute approximate surface area is 73.7 Å². The molecule has 0 unspecified atom stereocenters. The van der Waals surface area contributed by atoms with Crippen molar-refractivity contribution >= 4 is 0 Å². The summed E-state index contributed by atoms with van der Waals surface area (Å²) in [6.07, 6.45) is 3.89. The highest BCUT2D eigenvalue weighted by Gasteiger charge is 1.98. The molecule has 0 saturated carbocycles. The minimum absolute atomic E-state index is 0.860. The second kappa shape index (κ2) is 3.96. The Morgan fingerprint density at radius 3 is 2.75 bits per heavy atom. The van der Waals surface area contributed by atoms with Crippen molar-refractivity contribution < 1.29 is 4.74 Å². The van der Waals surface area contributed by atoms with Gasteiger partial charge in [-0.3, -0.25) is 0 Å². The van der Waals surface area contributed by atoms with E-state index in [4.69, 9.17) is 4.74 Å². The molecule has 0 bridgehead atoms. The van der Waals surface area contributed by atoms with E-state index in [-0.39, 0.29) is 0 Å². The Morgan fingerprint density at radius 1 is 1.50 bits per heavy atom. The van der Waals surface area contributed by atoms with E-state index in [1.54, 1.807) is 7.11 Å². The van der Waals surface area contributed by atoms with Crippen molar-refractivity contribution in [3.63, 3.8) is 0 Å². The van der Waals surface area contributed by atoms with E-state index in [0.29, 0.717) is 0 Å². The van der Waals surface area contributed by atoms with E-state index in [1.807, 2.05) is 18.2 Å². The molecular weight excluding hydrogens is 148 g/mol. The second-order valence-electron chi connectivity index (χ2n) is 2.55. The van der Waals surface area contributed by atoms with Gasteiger partial charge in [0.05, 0.1) is 7.11 Å². The summed E-state index contributed by atoms with van der Waals surface area (Å²) in [6, 6.07) is 5.96. The first kappa shape index (κ1) is 8.85. The third-order valence-electron chi connectivity index (χ3n) is 1.89. The SMILES string of the molecule is C=[C]c1cc(OC)ccc1CC. The third-order valence-corrected chi connectivity index (χ3v) is 1.89. The molecule has 0 amide bonds. The number of ether oxygens (including phenoxy) is 1. The van der Waals surface area contributed by atoms with E-state index in [9.17, 15) is 0 Å². The minimum Gasteiger partial charge on any atom is -0.497 e. The molecular formula is C11H13O. The van der Waals surface area contributed by atoms with Gasteiger partial charge < -0.3 is 4.74 Å². The first-order chi connectivity index (χ1) is 5.81. The molecule has 0 aliphatic heterocycles. The smallest absolute Gasteiger partial charge is 0.119 e. The molecule has 1 radical (unpaired) electrons. The van der Waals surface area contributed by atoms with Crippen LogP contribution in [0.25, 0.3) is 0 Å². The van der Waals surface area contributed by atoms with Gasteiger partial charge in [-0.2, -0.15) is 0 Å². The largest absolute Gasteiger partial charge is 0.497 e. The number of hydrogen-bond donors (Lipinski definition) is 0. The quantitative estimate of drug-likeness (QED) is 0.662. The zero-order valence-electron chi connectivity index (χ0n) is 7.55. The molecule has 0 fully saturated rings. The van der Waals surface area contributed by atoms with Crippen molar-refractivity contribution in [3.8, 4) is 5.75 Å². The number of hydrogen-bond acceptors (Lipinski definition) is 1. The van der Waals surface area contributed by atoms with Gasteiger partial charge in [0.15, 0.2) is 0 Å². The molecule has 0 atom stereocenters. The number of benzene rings is 1. The zero-order valence-corrected chi connectivity index (χ0v) is 7.55. The summed E-state index contributed by atoms with van der Waals surface area (Å²) in [5.74, 6) is 0.860. The van der Waals surface area contributed by atoms with Crippen molar-refractivity contribution in [3.05, 3.63) is 42.0 Å². The second-order valence-corrected chi connectivity index (χ2v) is 2.55. The Balaban J connectivity index is 3.10. The zero-order chi connectivity index (χ0) is 8.97. The van der Waals surface area contributed by atoms with Gasteiger partial charge in [-0.05, 0) is 35.8 Å². The van der Waals surface area contributed by atoms with Gasteiger partial charge in [0.1, 0.15) is 5.75 Å². The lowest BCUT2D eigenvalue weighted by Gasteiger charge is -2.05. The highest BCUT2D eigenvalue weighted by Crippen LogP contribution is 2.17. The highest BCUT2D eigenvalue weighted by atomic mass is 16.5. The molecule has 0 heterocycles. The minimum atomic E-state index is 0.860. The van der Waals surface area contributed by atoms with Crippen LogP contribution in [0.2, 0.25) is 0 Å². The Bertz CT molecular complexity index is 276. The highest BCUT2D eigenvalue weighted by molar-refractivity contribution is 5.38. The normalized spacial score (nSPS) is 9.50. The van der Waals surface area contributed by atoms with Gasteiger partial charge in [-0.15, -0.1) is 0 Å². The van der Waals surface area contributed by atoms with Crippen molar-refractivity contribution in [2.75, 3.05) is 7.11 Å². The monoisotopic (exact) mass is 161 g/mol. The number of methoxy groups -OCH3 is 1. The van der Waals surface area contributed by atoms with Gasteiger partial charge >= 0.3 is 0 Å². The molecule has 12 heavy (non-hydrogen) atoms. The predicted molar refractivity (Wildman–Crippen MR) is 50.3 cm³/mol. The van der Waals surface area contributed by atoms with Crippen LogP contribution in [0.5, 0.6) is 5.75 Å². The van der Waals surface area contributed by atoms with Crippen LogP contribution in [0.1, 0.15) is 18.1 Å². The number of rotatable bonds is 3. The molecule has 0 aliphatic carbocycles. The van der Waals surface area contributed by atoms with E-state index in [2.05, 4.69) is 19.6 Å². The Kier molecular flexibility index (Phi) is 2.92. The fourth-order valence-electron chi connectivity index (χ4n) is 1.16. The fourth-order valence-corrected chi connectivity index (χ4v) is 1.16. The maximum atomic E-state index is 5.09. The summed E-state index contributed by atoms with van der Waals surface area (Å²) in [5, 5.41) is 0. The molecule has 0 aromatic heterocycles. The average Bonchev–Trinajstić information content (AvgIpc) is 2.16. The first-order valence-corrected chi connectivity index (χ1v) is 4.01. The van der Waals surface area contributed by atoms with Crippen LogP contribution < -0.4 is 4.74 Å². The van der Waals surface area contributed by atoms with Crippen LogP contribution in [0.15, 0.2) is 24.8 Å². The van der Waals surface area contributed by atoms with Crippen molar-refractivity contribution in [1.82, 2.24) is 0 Å². The van der Waals surface area contributed by atoms with Gasteiger partial charge in [0.25, 0.3) is 0 Å². The lowest BCUT2D eigenvalue weighted by atomic mass is 10.1. The first-order valence-electron chi connectivity index (χ1n) is 4.01.